The number of benzene rings is 1. The fourth-order valence-corrected chi connectivity index (χ4v) is 2.82. The van der Waals surface area contributed by atoms with Gasteiger partial charge in [-0.15, -0.1) is 11.8 Å². The van der Waals surface area contributed by atoms with Gasteiger partial charge in [0, 0.05) is 29.6 Å². The van der Waals surface area contributed by atoms with E-state index in [1.165, 1.54) is 11.1 Å². The highest BCUT2D eigenvalue weighted by atomic mass is 35.5. The lowest BCUT2D eigenvalue weighted by molar-refractivity contribution is 0.582. The van der Waals surface area contributed by atoms with Gasteiger partial charge >= 0.3 is 0 Å². The van der Waals surface area contributed by atoms with Crippen molar-refractivity contribution in [1.82, 2.24) is 10.3 Å². The Kier molecular flexibility index (Phi) is 5.89. The van der Waals surface area contributed by atoms with Crippen molar-refractivity contribution in [2.75, 3.05) is 0 Å². The summed E-state index contributed by atoms with van der Waals surface area (Å²) < 4.78 is 0. The highest BCUT2D eigenvalue weighted by molar-refractivity contribution is 7.98. The molecule has 20 heavy (non-hydrogen) atoms. The van der Waals surface area contributed by atoms with Crippen LogP contribution in [0.3, 0.4) is 0 Å². The molecule has 1 aromatic carbocycles. The molecular formula is C16H19ClN2S. The highest BCUT2D eigenvalue weighted by Gasteiger charge is 2.05. The molecule has 2 aromatic rings. The maximum Gasteiger partial charge on any atom is 0.101 e. The summed E-state index contributed by atoms with van der Waals surface area (Å²) in [5.74, 6) is 0.906. The molecule has 0 aliphatic carbocycles. The van der Waals surface area contributed by atoms with Crippen LogP contribution in [0.25, 0.3) is 0 Å². The van der Waals surface area contributed by atoms with Crippen LogP contribution in [0.1, 0.15) is 25.0 Å². The lowest BCUT2D eigenvalue weighted by atomic mass is 10.2. The van der Waals surface area contributed by atoms with Crippen LogP contribution in [0.4, 0.5) is 0 Å². The fourth-order valence-electron chi connectivity index (χ4n) is 1.74. The molecule has 106 valence electrons. The van der Waals surface area contributed by atoms with E-state index in [1.807, 2.05) is 24.4 Å². The normalized spacial score (nSPS) is 11.0. The molecule has 1 aromatic heterocycles. The molecule has 2 nitrogen and oxygen atoms in total. The summed E-state index contributed by atoms with van der Waals surface area (Å²) >= 11 is 7.66. The topological polar surface area (TPSA) is 24.9 Å². The number of nitrogens with zero attached hydrogens (tertiary/aromatic N) is 1. The Labute approximate surface area is 130 Å². The van der Waals surface area contributed by atoms with Crippen molar-refractivity contribution in [2.24, 2.45) is 0 Å². The largest absolute Gasteiger partial charge is 0.310 e. The predicted molar refractivity (Wildman–Crippen MR) is 87.2 cm³/mol. The Balaban J connectivity index is 1.99. The van der Waals surface area contributed by atoms with Gasteiger partial charge in [0.25, 0.3) is 0 Å². The van der Waals surface area contributed by atoms with Crippen molar-refractivity contribution < 1.29 is 0 Å². The van der Waals surface area contributed by atoms with Gasteiger partial charge in [-0.05, 0) is 29.3 Å². The van der Waals surface area contributed by atoms with Crippen molar-refractivity contribution in [3.8, 4) is 0 Å². The third-order valence-electron chi connectivity index (χ3n) is 2.84. The number of thioether (sulfide) groups is 1. The molecule has 0 radical (unpaired) electrons. The molecule has 0 unspecified atom stereocenters. The van der Waals surface area contributed by atoms with Crippen LogP contribution in [0, 0.1) is 0 Å². The number of hydrogen-bond acceptors (Lipinski definition) is 3. The molecule has 0 amide bonds. The van der Waals surface area contributed by atoms with Crippen molar-refractivity contribution >= 4 is 23.4 Å². The van der Waals surface area contributed by atoms with Gasteiger partial charge in [-0.2, -0.15) is 0 Å². The van der Waals surface area contributed by atoms with Gasteiger partial charge in [-0.3, -0.25) is 0 Å². The average Bonchev–Trinajstić information content (AvgIpc) is 2.45. The Hall–Kier alpha value is -1.03. The number of hydrogen-bond donors (Lipinski definition) is 1. The summed E-state index contributed by atoms with van der Waals surface area (Å²) in [6.07, 6.45) is 1.85. The second kappa shape index (κ2) is 7.67. The number of pyridine rings is 1. The fraction of sp³-hybridized carbons (Fsp3) is 0.312. The van der Waals surface area contributed by atoms with Crippen LogP contribution in [-0.4, -0.2) is 11.0 Å². The van der Waals surface area contributed by atoms with Gasteiger partial charge in [0.2, 0.25) is 0 Å². The van der Waals surface area contributed by atoms with Crippen LogP contribution >= 0.6 is 23.4 Å². The van der Waals surface area contributed by atoms with Gasteiger partial charge in [0.1, 0.15) is 5.03 Å². The van der Waals surface area contributed by atoms with Gasteiger partial charge in [0.15, 0.2) is 0 Å². The molecule has 1 N–H and O–H groups in total. The Bertz CT molecular complexity index is 540. The van der Waals surface area contributed by atoms with E-state index in [9.17, 15) is 0 Å². The van der Waals surface area contributed by atoms with Crippen LogP contribution in [0.2, 0.25) is 5.02 Å². The van der Waals surface area contributed by atoms with E-state index in [-0.39, 0.29) is 0 Å². The van der Waals surface area contributed by atoms with E-state index in [2.05, 4.69) is 42.3 Å². The van der Waals surface area contributed by atoms with Gasteiger partial charge in [-0.25, -0.2) is 4.98 Å². The van der Waals surface area contributed by atoms with E-state index in [0.29, 0.717) is 6.04 Å². The standard InChI is InChI=1S/C16H19ClN2S/c1-12(2)19-10-14-4-3-9-18-16(14)20-11-13-5-7-15(17)8-6-13/h3-9,12,19H,10-11H2,1-2H3. The smallest absolute Gasteiger partial charge is 0.101 e. The number of nitrogens with one attached hydrogen (secondary N) is 1. The SMILES string of the molecule is CC(C)NCc1cccnc1SCc1ccc(Cl)cc1. The molecule has 4 heteroatoms. The molecule has 0 aliphatic rings. The Morgan fingerprint density at radius 2 is 1.95 bits per heavy atom. The zero-order valence-corrected chi connectivity index (χ0v) is 13.3. The number of halogens is 1. The van der Waals surface area contributed by atoms with Crippen LogP contribution in [0.15, 0.2) is 47.6 Å². The highest BCUT2D eigenvalue weighted by Crippen LogP contribution is 2.24. The van der Waals surface area contributed by atoms with Crippen LogP contribution in [-0.2, 0) is 12.3 Å². The van der Waals surface area contributed by atoms with E-state index >= 15 is 0 Å². The van der Waals surface area contributed by atoms with E-state index in [1.54, 1.807) is 11.8 Å². The minimum absolute atomic E-state index is 0.476. The first kappa shape index (κ1) is 15.4. The molecular weight excluding hydrogens is 288 g/mol. The first-order chi connectivity index (χ1) is 9.65. The third kappa shape index (κ3) is 4.82. The van der Waals surface area contributed by atoms with Crippen LogP contribution < -0.4 is 5.32 Å². The van der Waals surface area contributed by atoms with Crippen molar-refractivity contribution in [2.45, 2.75) is 37.2 Å². The minimum atomic E-state index is 0.476. The minimum Gasteiger partial charge on any atom is -0.310 e. The molecule has 0 spiro atoms. The maximum atomic E-state index is 5.90. The summed E-state index contributed by atoms with van der Waals surface area (Å²) in [4.78, 5) is 4.49. The Morgan fingerprint density at radius 3 is 2.65 bits per heavy atom. The monoisotopic (exact) mass is 306 g/mol. The molecule has 0 fully saturated rings. The van der Waals surface area contributed by atoms with Crippen molar-refractivity contribution in [3.63, 3.8) is 0 Å². The zero-order valence-electron chi connectivity index (χ0n) is 11.8. The lowest BCUT2D eigenvalue weighted by Gasteiger charge is -2.11. The maximum absolute atomic E-state index is 5.90. The van der Waals surface area contributed by atoms with Gasteiger partial charge in [0.05, 0.1) is 0 Å². The zero-order chi connectivity index (χ0) is 14.4. The summed E-state index contributed by atoms with van der Waals surface area (Å²) in [7, 11) is 0. The first-order valence-electron chi connectivity index (χ1n) is 6.69. The summed E-state index contributed by atoms with van der Waals surface area (Å²) in [6, 6.07) is 12.6. The van der Waals surface area contributed by atoms with Crippen LogP contribution in [0.5, 0.6) is 0 Å². The first-order valence-corrected chi connectivity index (χ1v) is 8.06. The molecule has 1 heterocycles. The molecule has 0 saturated carbocycles. The second-order valence-corrected chi connectivity index (χ2v) is 6.32. The summed E-state index contributed by atoms with van der Waals surface area (Å²) in [5, 5.41) is 5.31. The molecule has 2 rings (SSSR count). The van der Waals surface area contributed by atoms with Gasteiger partial charge < -0.3 is 5.32 Å². The average molecular weight is 307 g/mol. The lowest BCUT2D eigenvalue weighted by Crippen LogP contribution is -2.22. The Morgan fingerprint density at radius 1 is 1.20 bits per heavy atom. The molecule has 0 aliphatic heterocycles. The van der Waals surface area contributed by atoms with E-state index < -0.39 is 0 Å². The quantitative estimate of drug-likeness (QED) is 0.794. The van der Waals surface area contributed by atoms with Gasteiger partial charge in [-0.1, -0.05) is 43.6 Å². The molecule has 0 bridgehead atoms. The summed E-state index contributed by atoms with van der Waals surface area (Å²) in [5.41, 5.74) is 2.51. The third-order valence-corrected chi connectivity index (χ3v) is 4.21. The van der Waals surface area contributed by atoms with Crippen molar-refractivity contribution in [3.05, 3.63) is 58.7 Å². The van der Waals surface area contributed by atoms with E-state index in [0.717, 1.165) is 22.3 Å². The molecule has 0 saturated heterocycles. The second-order valence-electron chi connectivity index (χ2n) is 4.92. The number of rotatable bonds is 6. The number of aromatic nitrogens is 1. The summed E-state index contributed by atoms with van der Waals surface area (Å²) in [6.45, 7) is 5.16. The molecule has 0 atom stereocenters. The van der Waals surface area contributed by atoms with E-state index in [4.69, 9.17) is 11.6 Å². The predicted octanol–water partition coefficient (Wildman–Crippen LogP) is 4.53. The van der Waals surface area contributed by atoms with Crippen molar-refractivity contribution in [1.29, 1.82) is 0 Å².